The van der Waals surface area contributed by atoms with Crippen LogP contribution < -0.4 is 4.74 Å². The van der Waals surface area contributed by atoms with E-state index >= 15 is 0 Å². The van der Waals surface area contributed by atoms with Gasteiger partial charge in [-0.3, -0.25) is 0 Å². The number of benzene rings is 1. The van der Waals surface area contributed by atoms with Gasteiger partial charge < -0.3 is 4.74 Å². The summed E-state index contributed by atoms with van der Waals surface area (Å²) >= 11 is 3.49. The van der Waals surface area contributed by atoms with E-state index in [1.54, 1.807) is 7.11 Å². The number of hydrogen-bond donors (Lipinski definition) is 0. The summed E-state index contributed by atoms with van der Waals surface area (Å²) in [5, 5.41) is 1.07. The molecular weight excluding hydrogens is 264 g/mol. The molecule has 0 aliphatic heterocycles. The highest BCUT2D eigenvalue weighted by Gasteiger charge is 2.12. The van der Waals surface area contributed by atoms with E-state index in [0.29, 0.717) is 0 Å². The van der Waals surface area contributed by atoms with Crippen LogP contribution in [0.5, 0.6) is 5.75 Å². The molecule has 0 saturated heterocycles. The van der Waals surface area contributed by atoms with Crippen LogP contribution in [0.1, 0.15) is 30.4 Å². The average Bonchev–Trinajstić information content (AvgIpc) is 2.35. The first-order valence-corrected chi connectivity index (χ1v) is 6.89. The highest BCUT2D eigenvalue weighted by molar-refractivity contribution is 9.09. The summed E-state index contributed by atoms with van der Waals surface area (Å²) in [6.07, 6.45) is 7.08. The Kier molecular flexibility index (Phi) is 4.05. The van der Waals surface area contributed by atoms with Crippen LogP contribution in [0.25, 0.3) is 5.57 Å². The fourth-order valence-electron chi connectivity index (χ4n) is 2.21. The molecular formula is C14H17BrO. The number of allylic oxidation sites excluding steroid dienone is 2. The van der Waals surface area contributed by atoms with Crippen molar-refractivity contribution in [2.45, 2.75) is 25.7 Å². The number of alkyl halides is 1. The fraction of sp³-hybridized carbons (Fsp3) is 0.429. The van der Waals surface area contributed by atoms with Crippen molar-refractivity contribution >= 4 is 21.5 Å². The van der Waals surface area contributed by atoms with E-state index in [9.17, 15) is 0 Å². The molecule has 2 rings (SSSR count). The predicted octanol–water partition coefficient (Wildman–Crippen LogP) is 4.20. The van der Waals surface area contributed by atoms with E-state index in [-0.39, 0.29) is 0 Å². The molecule has 0 N–H and O–H groups in total. The van der Waals surface area contributed by atoms with Crippen LogP contribution >= 0.6 is 15.9 Å². The van der Waals surface area contributed by atoms with Crippen LogP contribution in [0.4, 0.5) is 0 Å². The van der Waals surface area contributed by atoms with Gasteiger partial charge in [0.25, 0.3) is 0 Å². The lowest BCUT2D eigenvalue weighted by Gasteiger charge is -2.18. The van der Waals surface area contributed by atoms with Crippen LogP contribution in [-0.4, -0.2) is 12.4 Å². The van der Waals surface area contributed by atoms with Crippen molar-refractivity contribution in [2.24, 2.45) is 0 Å². The Labute approximate surface area is 106 Å². The summed E-state index contributed by atoms with van der Waals surface area (Å²) in [7, 11) is 1.73. The maximum atomic E-state index is 5.30. The molecule has 0 spiro atoms. The first-order valence-electron chi connectivity index (χ1n) is 5.77. The number of halogens is 1. The van der Waals surface area contributed by atoms with Gasteiger partial charge >= 0.3 is 0 Å². The molecule has 86 valence electrons. The van der Waals surface area contributed by atoms with Crippen LogP contribution in [0, 0.1) is 0 Å². The quantitative estimate of drug-likeness (QED) is 0.751. The maximum absolute atomic E-state index is 5.30. The highest BCUT2D eigenvalue weighted by Crippen LogP contribution is 2.32. The Bertz CT molecular complexity index is 396. The smallest absolute Gasteiger partial charge is 0.119 e. The molecule has 1 aromatic rings. The third kappa shape index (κ3) is 2.49. The zero-order valence-electron chi connectivity index (χ0n) is 9.63. The third-order valence-corrected chi connectivity index (χ3v) is 3.61. The minimum absolute atomic E-state index is 0.963. The summed E-state index contributed by atoms with van der Waals surface area (Å²) in [6.45, 7) is 0. The first-order chi connectivity index (χ1) is 7.85. The van der Waals surface area contributed by atoms with Gasteiger partial charge in [0, 0.05) is 5.33 Å². The van der Waals surface area contributed by atoms with Gasteiger partial charge in [-0.1, -0.05) is 28.1 Å². The van der Waals surface area contributed by atoms with Crippen molar-refractivity contribution in [1.29, 1.82) is 0 Å². The van der Waals surface area contributed by atoms with Crippen molar-refractivity contribution in [2.75, 3.05) is 12.4 Å². The monoisotopic (exact) mass is 280 g/mol. The molecule has 16 heavy (non-hydrogen) atoms. The summed E-state index contributed by atoms with van der Waals surface area (Å²) in [5.74, 6) is 0.963. The topological polar surface area (TPSA) is 9.23 Å². The Morgan fingerprint density at radius 2 is 2.25 bits per heavy atom. The molecule has 1 nitrogen and oxygen atoms in total. The second-order valence-corrected chi connectivity index (χ2v) is 4.88. The molecule has 1 aromatic carbocycles. The summed E-state index contributed by atoms with van der Waals surface area (Å²) < 4.78 is 5.30. The lowest BCUT2D eigenvalue weighted by Crippen LogP contribution is -2.00. The number of ether oxygens (including phenoxy) is 1. The highest BCUT2D eigenvalue weighted by atomic mass is 79.9. The van der Waals surface area contributed by atoms with Crippen molar-refractivity contribution in [3.05, 3.63) is 35.4 Å². The number of methoxy groups -OCH3 is 1. The second kappa shape index (κ2) is 5.53. The van der Waals surface area contributed by atoms with E-state index in [0.717, 1.165) is 23.9 Å². The predicted molar refractivity (Wildman–Crippen MR) is 72.3 cm³/mol. The van der Waals surface area contributed by atoms with Gasteiger partial charge in [0.15, 0.2) is 0 Å². The molecule has 2 heteroatoms. The van der Waals surface area contributed by atoms with Gasteiger partial charge in [-0.2, -0.15) is 0 Å². The molecule has 0 aromatic heterocycles. The zero-order valence-corrected chi connectivity index (χ0v) is 11.2. The molecule has 0 bridgehead atoms. The first kappa shape index (κ1) is 11.7. The van der Waals surface area contributed by atoms with Crippen molar-refractivity contribution in [3.63, 3.8) is 0 Å². The standard InChI is InChI=1S/C14H17BrO/c1-16-13-8-7-12-5-2-4-11(6-3-9-15)14(12)10-13/h4,7-8,10H,2-3,5-6,9H2,1H3. The minimum Gasteiger partial charge on any atom is -0.497 e. The van der Waals surface area contributed by atoms with Gasteiger partial charge in [0.05, 0.1) is 7.11 Å². The van der Waals surface area contributed by atoms with Gasteiger partial charge in [-0.25, -0.2) is 0 Å². The van der Waals surface area contributed by atoms with E-state index < -0.39 is 0 Å². The minimum atomic E-state index is 0.963. The molecule has 0 radical (unpaired) electrons. The maximum Gasteiger partial charge on any atom is 0.119 e. The number of hydrogen-bond acceptors (Lipinski definition) is 1. The van der Waals surface area contributed by atoms with Gasteiger partial charge in [-0.15, -0.1) is 0 Å². The van der Waals surface area contributed by atoms with E-state index in [1.807, 2.05) is 0 Å². The largest absolute Gasteiger partial charge is 0.497 e. The lowest BCUT2D eigenvalue weighted by molar-refractivity contribution is 0.414. The van der Waals surface area contributed by atoms with E-state index in [2.05, 4.69) is 40.2 Å². The summed E-state index contributed by atoms with van der Waals surface area (Å²) in [6, 6.07) is 6.44. The Morgan fingerprint density at radius 1 is 1.38 bits per heavy atom. The molecule has 0 atom stereocenters. The number of rotatable bonds is 4. The zero-order chi connectivity index (χ0) is 11.4. The Balaban J connectivity index is 2.27. The van der Waals surface area contributed by atoms with E-state index in [4.69, 9.17) is 4.74 Å². The molecule has 0 amide bonds. The molecule has 1 aliphatic carbocycles. The molecule has 0 unspecified atom stereocenters. The second-order valence-electron chi connectivity index (χ2n) is 4.08. The SMILES string of the molecule is COc1ccc2c(c1)C(CCCBr)=CCC2. The molecule has 0 heterocycles. The average molecular weight is 281 g/mol. The normalized spacial score (nSPS) is 14.2. The van der Waals surface area contributed by atoms with Crippen molar-refractivity contribution < 1.29 is 4.74 Å². The van der Waals surface area contributed by atoms with Gasteiger partial charge in [-0.05, 0) is 54.5 Å². The number of aryl methyl sites for hydroxylation is 1. The fourth-order valence-corrected chi connectivity index (χ4v) is 2.49. The molecule has 0 saturated carbocycles. The number of fused-ring (bicyclic) bond motifs is 1. The van der Waals surface area contributed by atoms with Gasteiger partial charge in [0.2, 0.25) is 0 Å². The Hall–Kier alpha value is -0.760. The van der Waals surface area contributed by atoms with E-state index in [1.165, 1.54) is 29.5 Å². The van der Waals surface area contributed by atoms with Crippen LogP contribution in [-0.2, 0) is 6.42 Å². The molecule has 1 aliphatic rings. The van der Waals surface area contributed by atoms with Gasteiger partial charge in [0.1, 0.15) is 5.75 Å². The van der Waals surface area contributed by atoms with Crippen molar-refractivity contribution in [1.82, 2.24) is 0 Å². The summed E-state index contributed by atoms with van der Waals surface area (Å²) in [5.41, 5.74) is 4.35. The van der Waals surface area contributed by atoms with Crippen LogP contribution in [0.15, 0.2) is 24.3 Å². The lowest BCUT2D eigenvalue weighted by atomic mass is 9.88. The van der Waals surface area contributed by atoms with Crippen LogP contribution in [0.2, 0.25) is 0 Å². The molecule has 0 fully saturated rings. The summed E-state index contributed by atoms with van der Waals surface area (Å²) in [4.78, 5) is 0. The third-order valence-electron chi connectivity index (χ3n) is 3.05. The van der Waals surface area contributed by atoms with Crippen molar-refractivity contribution in [3.8, 4) is 5.75 Å². The van der Waals surface area contributed by atoms with Crippen LogP contribution in [0.3, 0.4) is 0 Å². The Morgan fingerprint density at radius 3 is 3.00 bits per heavy atom.